The summed E-state index contributed by atoms with van der Waals surface area (Å²) in [5, 5.41) is 12.3. The summed E-state index contributed by atoms with van der Waals surface area (Å²) in [4.78, 5) is 18.1. The largest absolute Gasteiger partial charge is 0.490 e. The van der Waals surface area contributed by atoms with E-state index in [1.165, 1.54) is 0 Å². The van der Waals surface area contributed by atoms with E-state index in [4.69, 9.17) is 21.1 Å². The summed E-state index contributed by atoms with van der Waals surface area (Å²) in [6.07, 6.45) is 10.1. The maximum absolute atomic E-state index is 13.6. The van der Waals surface area contributed by atoms with Crippen molar-refractivity contribution in [2.45, 2.75) is 83.0 Å². The van der Waals surface area contributed by atoms with Crippen molar-refractivity contribution in [3.63, 3.8) is 0 Å². The highest BCUT2D eigenvalue weighted by atomic mass is 35.5. The van der Waals surface area contributed by atoms with Gasteiger partial charge in [-0.05, 0) is 112 Å². The molecule has 1 saturated heterocycles. The van der Waals surface area contributed by atoms with Crippen molar-refractivity contribution in [1.82, 2.24) is 9.62 Å². The number of carbonyl (C=O) groups excluding carboxylic acids is 1. The molecule has 1 amide bonds. The summed E-state index contributed by atoms with van der Waals surface area (Å²) in [6.45, 7) is 15.3. The van der Waals surface area contributed by atoms with Gasteiger partial charge in [0.2, 0.25) is 10.0 Å². The molecule has 2 N–H and O–H groups in total. The number of fused-ring (bicyclic) bond motifs is 2. The normalized spacial score (nSPS) is 34.3. The number of aliphatic hydroxyl groups is 1. The minimum Gasteiger partial charge on any atom is -0.490 e. The highest BCUT2D eigenvalue weighted by Crippen LogP contribution is 2.50. The Morgan fingerprint density at radius 2 is 1.96 bits per heavy atom. The Kier molecular flexibility index (Phi) is 11.6. The number of ether oxygens (including phenoxy) is 2. The molecule has 6 rings (SSSR count). The maximum Gasteiger partial charge on any atom is 0.264 e. The van der Waals surface area contributed by atoms with Crippen LogP contribution >= 0.6 is 11.6 Å². The average molecular weight is 740 g/mol. The molecule has 0 radical (unpaired) electrons. The van der Waals surface area contributed by atoms with Crippen LogP contribution in [0.1, 0.15) is 82.5 Å². The van der Waals surface area contributed by atoms with Crippen molar-refractivity contribution in [2.24, 2.45) is 23.2 Å². The molecule has 5 aliphatic rings. The van der Waals surface area contributed by atoms with Gasteiger partial charge in [-0.15, -0.1) is 0 Å². The van der Waals surface area contributed by atoms with Gasteiger partial charge < -0.3 is 19.5 Å². The predicted molar refractivity (Wildman–Crippen MR) is 202 cm³/mol. The van der Waals surface area contributed by atoms with Gasteiger partial charge in [-0.25, -0.2) is 13.1 Å². The summed E-state index contributed by atoms with van der Waals surface area (Å²) < 4.78 is 41.4. The van der Waals surface area contributed by atoms with E-state index in [0.29, 0.717) is 69.5 Å². The van der Waals surface area contributed by atoms with Crippen molar-refractivity contribution >= 4 is 33.2 Å². The van der Waals surface area contributed by atoms with Gasteiger partial charge in [0, 0.05) is 48.1 Å². The summed E-state index contributed by atoms with van der Waals surface area (Å²) in [7, 11) is -3.97. The van der Waals surface area contributed by atoms with Gasteiger partial charge in [-0.3, -0.25) is 9.69 Å². The van der Waals surface area contributed by atoms with E-state index in [9.17, 15) is 18.3 Å². The van der Waals surface area contributed by atoms with Crippen LogP contribution in [0, 0.1) is 35.0 Å². The first-order valence-electron chi connectivity index (χ1n) is 18.7. The predicted octanol–water partition coefficient (Wildman–Crippen LogP) is 6.04. The number of hydrogen-bond donors (Lipinski definition) is 2. The van der Waals surface area contributed by atoms with E-state index in [2.05, 4.69) is 32.9 Å². The number of anilines is 1. The molecule has 2 aliphatic carbocycles. The second-order valence-electron chi connectivity index (χ2n) is 15.4. The lowest BCUT2D eigenvalue weighted by Crippen LogP contribution is -2.52. The van der Waals surface area contributed by atoms with E-state index < -0.39 is 32.2 Å². The number of amides is 1. The molecule has 11 heteroatoms. The molecule has 2 bridgehead atoms. The number of carbonyl (C=O) groups is 1. The van der Waals surface area contributed by atoms with Gasteiger partial charge in [0.15, 0.2) is 0 Å². The smallest absolute Gasteiger partial charge is 0.264 e. The van der Waals surface area contributed by atoms with E-state index in [1.54, 1.807) is 25.1 Å². The Labute approximate surface area is 309 Å². The summed E-state index contributed by atoms with van der Waals surface area (Å²) in [6, 6.07) is 5.18. The zero-order valence-corrected chi connectivity index (χ0v) is 32.0. The molecule has 0 unspecified atom stereocenters. The van der Waals surface area contributed by atoms with Crippen molar-refractivity contribution in [1.29, 1.82) is 0 Å². The van der Waals surface area contributed by atoms with Gasteiger partial charge >= 0.3 is 0 Å². The minimum atomic E-state index is -3.97. The van der Waals surface area contributed by atoms with Gasteiger partial charge in [-0.2, -0.15) is 0 Å². The van der Waals surface area contributed by atoms with Crippen LogP contribution in [0.3, 0.4) is 0 Å². The number of halogens is 1. The van der Waals surface area contributed by atoms with Crippen LogP contribution in [0.2, 0.25) is 0 Å². The van der Waals surface area contributed by atoms with Crippen LogP contribution in [-0.4, -0.2) is 87.7 Å². The number of allylic oxidation sites excluding steroid dienone is 4. The minimum absolute atomic E-state index is 0.0485. The van der Waals surface area contributed by atoms with E-state index in [-0.39, 0.29) is 23.3 Å². The number of benzene rings is 1. The standard InChI is InChI=1S/C40H54ClN3O6S/c1-5-34(41)23-31-10-7-15-39(29(31)3)26-44-25-33-11-13-35(33)40(46,17-8-18-43-19-21-49-22-20-43)16-6-9-28(2)30(4)51(47,48)42-38(45)32-12-14-37(50-27-39)36(44)24-32/h5,12,14,23-24,28,30,33,35,46H,3,6-7,9-11,13,15-16,18-22,25-27H2,1-2,4H3,(H,42,45)/b31-23-,34-5+/t28-,30+,33-,35+,39-,40-/m0/s1. The van der Waals surface area contributed by atoms with Crippen molar-refractivity contribution in [2.75, 3.05) is 57.4 Å². The van der Waals surface area contributed by atoms with E-state index in [1.807, 2.05) is 26.0 Å². The number of rotatable bonds is 2. The van der Waals surface area contributed by atoms with Crippen LogP contribution < -0.4 is 14.4 Å². The molecule has 3 heterocycles. The van der Waals surface area contributed by atoms with Crippen LogP contribution in [0.15, 0.2) is 53.1 Å². The first-order valence-corrected chi connectivity index (χ1v) is 20.6. The average Bonchev–Trinajstić information content (AvgIpc) is 3.25. The number of nitrogens with zero attached hydrogens (tertiary/aromatic N) is 2. The van der Waals surface area contributed by atoms with Gasteiger partial charge in [-0.1, -0.05) is 43.0 Å². The van der Waals surface area contributed by atoms with E-state index in [0.717, 1.165) is 62.0 Å². The molecule has 3 aliphatic heterocycles. The molecular weight excluding hydrogens is 686 g/mol. The Bertz CT molecular complexity index is 1730. The lowest BCUT2D eigenvalue weighted by atomic mass is 9.63. The SMILES string of the molecule is C=C1/C(=C\C(Cl)=C/C)CCC[C@]12COc1ccc3cc1N(C[C@@H]1CC[C@H]1[C@@](O)(C#CCN1CCOCC1)CCC[C@H](C)[C@@H](C)S(=O)(=O)NC3=O)C2. The van der Waals surface area contributed by atoms with E-state index >= 15 is 0 Å². The zero-order chi connectivity index (χ0) is 36.4. The van der Waals surface area contributed by atoms with Crippen LogP contribution in [0.4, 0.5) is 5.69 Å². The van der Waals surface area contributed by atoms with Crippen LogP contribution in [0.25, 0.3) is 0 Å². The number of hydrogen-bond acceptors (Lipinski definition) is 8. The highest BCUT2D eigenvalue weighted by Gasteiger charge is 2.48. The summed E-state index contributed by atoms with van der Waals surface area (Å²) >= 11 is 6.49. The lowest BCUT2D eigenvalue weighted by molar-refractivity contribution is -0.0450. The highest BCUT2D eigenvalue weighted by molar-refractivity contribution is 7.90. The molecule has 9 nitrogen and oxygen atoms in total. The quantitative estimate of drug-likeness (QED) is 0.354. The molecule has 1 aromatic carbocycles. The Hall–Kier alpha value is -2.81. The molecule has 6 atom stereocenters. The first-order chi connectivity index (χ1) is 24.3. The third-order valence-electron chi connectivity index (χ3n) is 12.2. The van der Waals surface area contributed by atoms with Crippen molar-refractivity contribution in [3.8, 4) is 17.6 Å². The Morgan fingerprint density at radius 3 is 2.69 bits per heavy atom. The van der Waals surface area contributed by atoms with Gasteiger partial charge in [0.1, 0.15) is 11.4 Å². The lowest BCUT2D eigenvalue weighted by Gasteiger charge is -2.48. The van der Waals surface area contributed by atoms with Gasteiger partial charge in [0.25, 0.3) is 5.91 Å². The zero-order valence-electron chi connectivity index (χ0n) is 30.4. The third-order valence-corrected chi connectivity index (χ3v) is 14.5. The molecule has 0 aromatic heterocycles. The number of sulfonamides is 1. The molecule has 1 spiro atoms. The summed E-state index contributed by atoms with van der Waals surface area (Å²) in [5.41, 5.74) is 1.52. The molecular formula is C40H54ClN3O6S. The molecule has 1 aromatic rings. The van der Waals surface area contributed by atoms with Crippen molar-refractivity contribution in [3.05, 3.63) is 58.7 Å². The molecule has 278 valence electrons. The monoisotopic (exact) mass is 739 g/mol. The second kappa shape index (κ2) is 15.7. The first kappa shape index (κ1) is 37.9. The molecule has 2 saturated carbocycles. The number of morpholine rings is 1. The van der Waals surface area contributed by atoms with Gasteiger partial charge in [0.05, 0.1) is 37.3 Å². The second-order valence-corrected chi connectivity index (χ2v) is 17.9. The number of nitrogens with one attached hydrogen (secondary N) is 1. The van der Waals surface area contributed by atoms with Crippen molar-refractivity contribution < 1.29 is 27.8 Å². The fourth-order valence-corrected chi connectivity index (χ4v) is 9.97. The molecule has 3 fully saturated rings. The van der Waals surface area contributed by atoms with Crippen LogP contribution in [-0.2, 0) is 14.8 Å². The fraction of sp³-hybridized carbons (Fsp3) is 0.625. The summed E-state index contributed by atoms with van der Waals surface area (Å²) in [5.74, 6) is 6.56. The molecule has 51 heavy (non-hydrogen) atoms. The fourth-order valence-electron chi connectivity index (χ4n) is 8.52. The van der Waals surface area contributed by atoms with Crippen LogP contribution in [0.5, 0.6) is 5.75 Å². The Balaban J connectivity index is 1.39. The maximum atomic E-state index is 13.6. The third kappa shape index (κ3) is 8.23. The topological polar surface area (TPSA) is 108 Å². The Morgan fingerprint density at radius 1 is 1.18 bits per heavy atom.